The van der Waals surface area contributed by atoms with Crippen molar-refractivity contribution in [2.24, 2.45) is 22.9 Å². The maximum Gasteiger partial charge on any atom is 0.323 e. The topological polar surface area (TPSA) is 444 Å². The lowest BCUT2D eigenvalue weighted by Crippen LogP contribution is -2.37. The molecule has 0 heterocycles. The summed E-state index contributed by atoms with van der Waals surface area (Å²) in [6.45, 7) is 24.3. The molecular weight excluding hydrogens is 1660 g/mol. The smallest absolute Gasteiger partial charge is 0.323 e. The minimum absolute atomic E-state index is 0.0206. The molecule has 0 aromatic rings. The normalized spacial score (nSPS) is 13.3. The van der Waals surface area contributed by atoms with Crippen LogP contribution < -0.4 is 44.2 Å². The van der Waals surface area contributed by atoms with Gasteiger partial charge in [0.2, 0.25) is 0 Å². The summed E-state index contributed by atoms with van der Waals surface area (Å²) in [6, 6.07) is -2.36. The van der Waals surface area contributed by atoms with Crippen LogP contribution in [0.4, 0.5) is 0 Å². The molecule has 0 saturated carbocycles. The third kappa shape index (κ3) is 104. The summed E-state index contributed by atoms with van der Waals surface area (Å²) in [5.41, 5.74) is 22.0. The van der Waals surface area contributed by atoms with Crippen molar-refractivity contribution in [2.45, 2.75) is 514 Å². The molecule has 0 aromatic heterocycles. The Kier molecular flexibility index (Phi) is 98.5. The van der Waals surface area contributed by atoms with E-state index in [0.29, 0.717) is 104 Å². The molecule has 0 fully saturated rings. The van der Waals surface area contributed by atoms with E-state index >= 15 is 0 Å². The zero-order chi connectivity index (χ0) is 97.6. The average Bonchev–Trinajstić information content (AvgIpc) is 0.920. The number of rotatable bonds is 88. The van der Waals surface area contributed by atoms with Crippen LogP contribution in [0.1, 0.15) is 454 Å². The van der Waals surface area contributed by atoms with Gasteiger partial charge in [-0.25, -0.2) is 0 Å². The molecule has 0 rings (SSSR count). The first-order valence-corrected chi connectivity index (χ1v) is 52.1. The van der Waals surface area contributed by atoms with Gasteiger partial charge in [-0.05, 0) is 145 Å². The highest BCUT2D eigenvalue weighted by molar-refractivity contribution is 5.77. The molecule has 0 aromatic carbocycles. The second-order valence-electron chi connectivity index (χ2n) is 37.8. The van der Waals surface area contributed by atoms with Crippen molar-refractivity contribution in [2.75, 3.05) is 93.0 Å². The van der Waals surface area contributed by atoms with Gasteiger partial charge in [0.05, 0.1) is 14.2 Å². The maximum atomic E-state index is 11.9. The zero-order valence-corrected chi connectivity index (χ0v) is 85.2. The summed E-state index contributed by atoms with van der Waals surface area (Å²) in [5, 5.41) is 52.2. The van der Waals surface area contributed by atoms with Crippen molar-refractivity contribution in [3.63, 3.8) is 0 Å². The highest BCUT2D eigenvalue weighted by Crippen LogP contribution is 2.19. The summed E-state index contributed by atoms with van der Waals surface area (Å²) in [4.78, 5) is 93.2. The lowest BCUT2D eigenvalue weighted by atomic mass is 10.0. The fourth-order valence-corrected chi connectivity index (χ4v) is 14.1. The Morgan fingerprint density at radius 3 is 0.569 bits per heavy atom. The van der Waals surface area contributed by atoms with E-state index in [1.807, 2.05) is 41.5 Å². The van der Waals surface area contributed by atoms with Crippen LogP contribution in [0, 0.1) is 0 Å². The van der Waals surface area contributed by atoms with E-state index in [0.717, 1.165) is 103 Å². The Bertz CT molecular complexity index is 2550. The van der Waals surface area contributed by atoms with Crippen LogP contribution in [0.5, 0.6) is 0 Å². The van der Waals surface area contributed by atoms with Crippen LogP contribution in [0.25, 0.3) is 0 Å². The Morgan fingerprint density at radius 1 is 0.246 bits per heavy atom. The number of aliphatic hydroxyl groups excluding tert-OH is 4. The van der Waals surface area contributed by atoms with Crippen molar-refractivity contribution in [3.8, 4) is 0 Å². The van der Waals surface area contributed by atoms with Crippen molar-refractivity contribution < 1.29 is 96.7 Å². The highest BCUT2D eigenvalue weighted by atomic mass is 16.6. The fraction of sp³-hybridized carbons (Fsp3) is 0.922. The molecule has 28 heteroatoms. The van der Waals surface area contributed by atoms with Gasteiger partial charge < -0.3 is 103 Å². The van der Waals surface area contributed by atoms with Crippen molar-refractivity contribution in [1.82, 2.24) is 21.3 Å². The van der Waals surface area contributed by atoms with E-state index in [4.69, 9.17) is 51.4 Å². The third-order valence-corrected chi connectivity index (χ3v) is 22.1. The molecule has 8 unspecified atom stereocenters. The monoisotopic (exact) mass is 1860 g/mol. The average molecular weight is 1860 g/mol. The molecule has 0 bridgehead atoms. The van der Waals surface area contributed by atoms with Gasteiger partial charge in [0.1, 0.15) is 86.2 Å². The van der Waals surface area contributed by atoms with E-state index in [-0.39, 0.29) is 68.2 Å². The van der Waals surface area contributed by atoms with E-state index in [1.165, 1.54) is 245 Å². The lowest BCUT2D eigenvalue weighted by Gasteiger charge is -2.22. The molecule has 772 valence electrons. The first kappa shape index (κ1) is 132. The predicted molar refractivity (Wildman–Crippen MR) is 527 cm³/mol. The SMILES string of the molecule is CCCCCCCCCCCC(=O)OCC(O)CNCCCCC(N)C(=O)OC.CCCCCCCCCCCC(=O)OCC(O)CNCCCCC(N)C(=O)OC(C)(C)C.CCCCCCCCCCCCCCCC(=O)OCC(O)CNCCCCC(N)C(=O)OC.CCCCCCCCCCCCCCCC(=O)OCC(O)CNCCCCC(N)C(=O)OC(C)(C)C. The van der Waals surface area contributed by atoms with Crippen LogP contribution in [0.15, 0.2) is 0 Å². The maximum absolute atomic E-state index is 11.9. The molecule has 28 nitrogen and oxygen atoms in total. The lowest BCUT2D eigenvalue weighted by molar-refractivity contribution is -0.157. The molecule has 8 atom stereocenters. The second-order valence-corrected chi connectivity index (χ2v) is 37.8. The quantitative estimate of drug-likeness (QED) is 0.0153. The standard InChI is InChI=1S/C29H58N2O5.C26H52N2O5.C25H50N2O5.C22H44N2O5/c1-5-6-7-8-9-10-11-12-13-14-15-16-17-21-27(33)35-24-25(32)23-31-22-19-18-20-26(30)28(34)36-29(2,3)4;1-3-4-5-6-7-8-9-10-11-12-13-14-15-19-25(30)33-22-23(29)21-28-20-17-16-18-24(27)26(31)32-2;1-5-6-7-8-9-10-11-12-13-17-23(29)31-20-21(28)19-27-18-15-14-16-22(26)24(30)32-25(2,3)4;1-3-4-5-6-7-8-9-10-11-15-21(26)29-18-19(25)17-24-16-13-12-14-20(23)22(27)28-2/h25-26,31-32H,5-24,30H2,1-4H3;23-24,28-29H,3-22,27H2,1-2H3;21-22,27-28H,5-20,26H2,1-4H3;19-20,24-25H,3-18,23H2,1-2H3. The second kappa shape index (κ2) is 97.4. The number of unbranched alkanes of at least 4 members (excludes halogenated alkanes) is 44. The number of carbonyl (C=O) groups excluding carboxylic acids is 8. The fourth-order valence-electron chi connectivity index (χ4n) is 14.1. The molecule has 0 aliphatic rings. The van der Waals surface area contributed by atoms with Gasteiger partial charge in [-0.3, -0.25) is 38.4 Å². The van der Waals surface area contributed by atoms with Gasteiger partial charge in [-0.1, -0.05) is 310 Å². The zero-order valence-electron chi connectivity index (χ0n) is 85.2. The van der Waals surface area contributed by atoms with Crippen molar-refractivity contribution >= 4 is 47.8 Å². The summed E-state index contributed by atoms with van der Waals surface area (Å²) >= 11 is 0. The summed E-state index contributed by atoms with van der Waals surface area (Å²) in [5.74, 6) is -2.44. The van der Waals surface area contributed by atoms with Crippen LogP contribution in [-0.2, 0) is 76.3 Å². The molecule has 0 saturated heterocycles. The molecule has 0 spiro atoms. The Morgan fingerprint density at radius 2 is 0.408 bits per heavy atom. The third-order valence-electron chi connectivity index (χ3n) is 22.1. The van der Waals surface area contributed by atoms with Crippen LogP contribution in [-0.4, -0.2) is 221 Å². The first-order chi connectivity index (χ1) is 62.3. The van der Waals surface area contributed by atoms with E-state index < -0.39 is 65.8 Å². The number of methoxy groups -OCH3 is 2. The Labute approximate surface area is 792 Å². The highest BCUT2D eigenvalue weighted by Gasteiger charge is 2.24. The summed E-state index contributed by atoms with van der Waals surface area (Å²) < 4.78 is 40.3. The van der Waals surface area contributed by atoms with Gasteiger partial charge in [-0.15, -0.1) is 0 Å². The molecule has 0 radical (unpaired) electrons. The molecule has 130 heavy (non-hydrogen) atoms. The van der Waals surface area contributed by atoms with Crippen LogP contribution in [0.2, 0.25) is 0 Å². The van der Waals surface area contributed by atoms with Gasteiger partial charge in [-0.2, -0.15) is 0 Å². The summed E-state index contributed by atoms with van der Waals surface area (Å²) in [7, 11) is 2.66. The Hall–Kier alpha value is -4.72. The van der Waals surface area contributed by atoms with Gasteiger partial charge in [0.15, 0.2) is 0 Å². The van der Waals surface area contributed by atoms with E-state index in [2.05, 4.69) is 58.4 Å². The number of hydrogen-bond donors (Lipinski definition) is 12. The van der Waals surface area contributed by atoms with Gasteiger partial charge >= 0.3 is 47.8 Å². The number of hydrogen-bond acceptors (Lipinski definition) is 28. The van der Waals surface area contributed by atoms with Crippen LogP contribution in [0.3, 0.4) is 0 Å². The number of aliphatic hydroxyl groups is 4. The Balaban J connectivity index is -0.000000816. The number of carbonyl (C=O) groups is 8. The number of ether oxygens (including phenoxy) is 8. The summed E-state index contributed by atoms with van der Waals surface area (Å²) in [6.07, 6.45) is 62.7. The number of nitrogens with two attached hydrogens (primary N) is 4. The van der Waals surface area contributed by atoms with Crippen molar-refractivity contribution in [3.05, 3.63) is 0 Å². The molecule has 0 aliphatic heterocycles. The molecule has 0 aliphatic carbocycles. The minimum atomic E-state index is -0.718. The van der Waals surface area contributed by atoms with E-state index in [9.17, 15) is 58.8 Å². The number of esters is 8. The minimum Gasteiger partial charge on any atom is -0.468 e. The van der Waals surface area contributed by atoms with E-state index in [1.54, 1.807) is 0 Å². The molecule has 16 N–H and O–H groups in total. The van der Waals surface area contributed by atoms with Gasteiger partial charge in [0, 0.05) is 51.9 Å². The molecular formula is C102H204N8O20. The van der Waals surface area contributed by atoms with Crippen LogP contribution >= 0.6 is 0 Å². The number of nitrogens with one attached hydrogen (secondary N) is 4. The van der Waals surface area contributed by atoms with Crippen molar-refractivity contribution in [1.29, 1.82) is 0 Å². The van der Waals surface area contributed by atoms with Gasteiger partial charge in [0.25, 0.3) is 0 Å². The molecule has 0 amide bonds. The predicted octanol–water partition coefficient (Wildman–Crippen LogP) is 17.7. The first-order valence-electron chi connectivity index (χ1n) is 52.1. The largest absolute Gasteiger partial charge is 0.468 e.